The van der Waals surface area contributed by atoms with E-state index in [1.807, 2.05) is 0 Å². The van der Waals surface area contributed by atoms with Crippen LogP contribution >= 0.6 is 0 Å². The number of rotatable bonds is 2. The zero-order valence-corrected chi connectivity index (χ0v) is 9.77. The Bertz CT molecular complexity index is 561. The normalized spacial score (nSPS) is 10.1. The highest BCUT2D eigenvalue weighted by Gasteiger charge is 2.07. The molecular weight excluding hydrogens is 233 g/mol. The predicted molar refractivity (Wildman–Crippen MR) is 67.7 cm³/mol. The van der Waals surface area contributed by atoms with Gasteiger partial charge in [-0.15, -0.1) is 0 Å². The zero-order valence-electron chi connectivity index (χ0n) is 9.77. The number of nitrogens with zero attached hydrogens (tertiary/aromatic N) is 1. The number of anilines is 2. The minimum Gasteiger partial charge on any atom is -0.384 e. The molecule has 0 aliphatic carbocycles. The van der Waals surface area contributed by atoms with E-state index in [-0.39, 0.29) is 11.7 Å². The van der Waals surface area contributed by atoms with E-state index in [4.69, 9.17) is 5.73 Å². The van der Waals surface area contributed by atoms with E-state index in [2.05, 4.69) is 10.3 Å². The second-order valence-electron chi connectivity index (χ2n) is 3.94. The third-order valence-corrected chi connectivity index (χ3v) is 2.35. The first-order valence-electron chi connectivity index (χ1n) is 5.34. The van der Waals surface area contributed by atoms with Gasteiger partial charge in [-0.1, -0.05) is 0 Å². The van der Waals surface area contributed by atoms with Gasteiger partial charge in [0.2, 0.25) is 0 Å². The van der Waals surface area contributed by atoms with Gasteiger partial charge in [0.25, 0.3) is 5.91 Å². The molecule has 0 spiro atoms. The van der Waals surface area contributed by atoms with Gasteiger partial charge in [-0.05, 0) is 42.8 Å². The van der Waals surface area contributed by atoms with Crippen molar-refractivity contribution in [2.45, 2.75) is 6.92 Å². The summed E-state index contributed by atoms with van der Waals surface area (Å²) in [7, 11) is 0. The predicted octanol–water partition coefficient (Wildman–Crippen LogP) is 2.36. The highest BCUT2D eigenvalue weighted by molar-refractivity contribution is 6.04. The number of amides is 1. The smallest absolute Gasteiger partial charge is 0.257 e. The van der Waals surface area contributed by atoms with Crippen molar-refractivity contribution in [1.82, 2.24) is 4.98 Å². The number of nitrogen functional groups attached to an aromatic ring is 1. The average molecular weight is 245 g/mol. The van der Waals surface area contributed by atoms with E-state index in [0.717, 1.165) is 5.56 Å². The van der Waals surface area contributed by atoms with Crippen LogP contribution in [0.25, 0.3) is 0 Å². The van der Waals surface area contributed by atoms with Gasteiger partial charge in [0.05, 0.1) is 5.56 Å². The van der Waals surface area contributed by atoms with Gasteiger partial charge in [-0.25, -0.2) is 9.37 Å². The van der Waals surface area contributed by atoms with Gasteiger partial charge in [0.15, 0.2) is 0 Å². The molecule has 1 aromatic carbocycles. The number of carbonyl (C=O) groups excluding carboxylic acids is 1. The quantitative estimate of drug-likeness (QED) is 0.853. The van der Waals surface area contributed by atoms with Gasteiger partial charge in [0, 0.05) is 11.9 Å². The first kappa shape index (κ1) is 12.0. The van der Waals surface area contributed by atoms with E-state index >= 15 is 0 Å². The number of hydrogen-bond donors (Lipinski definition) is 2. The summed E-state index contributed by atoms with van der Waals surface area (Å²) in [6.07, 6.45) is 1.37. The summed E-state index contributed by atoms with van der Waals surface area (Å²) >= 11 is 0. The molecule has 0 aliphatic heterocycles. The van der Waals surface area contributed by atoms with Gasteiger partial charge in [0.1, 0.15) is 11.6 Å². The van der Waals surface area contributed by atoms with Crippen molar-refractivity contribution < 1.29 is 9.18 Å². The molecule has 4 nitrogen and oxygen atoms in total. The molecule has 0 aliphatic rings. The summed E-state index contributed by atoms with van der Waals surface area (Å²) in [6.45, 7) is 1.75. The van der Waals surface area contributed by atoms with Crippen LogP contribution < -0.4 is 11.1 Å². The molecule has 3 N–H and O–H groups in total. The van der Waals surface area contributed by atoms with Crippen molar-refractivity contribution >= 4 is 17.4 Å². The molecule has 0 saturated heterocycles. The van der Waals surface area contributed by atoms with Crippen molar-refractivity contribution in [3.8, 4) is 0 Å². The first-order valence-corrected chi connectivity index (χ1v) is 5.34. The molecule has 5 heteroatoms. The maximum atomic E-state index is 13.2. The summed E-state index contributed by atoms with van der Waals surface area (Å²) in [5, 5.41) is 2.60. The van der Waals surface area contributed by atoms with Gasteiger partial charge in [-0.3, -0.25) is 4.79 Å². The highest BCUT2D eigenvalue weighted by atomic mass is 19.1. The summed E-state index contributed by atoms with van der Waals surface area (Å²) < 4.78 is 13.2. The van der Waals surface area contributed by atoms with Crippen LogP contribution in [0.5, 0.6) is 0 Å². The van der Waals surface area contributed by atoms with Crippen LogP contribution in [0.1, 0.15) is 15.9 Å². The Morgan fingerprint density at radius 2 is 2.11 bits per heavy atom. The lowest BCUT2D eigenvalue weighted by Crippen LogP contribution is -2.12. The van der Waals surface area contributed by atoms with Gasteiger partial charge in [-0.2, -0.15) is 0 Å². The summed E-state index contributed by atoms with van der Waals surface area (Å²) in [5.74, 6) is -0.401. The SMILES string of the molecule is Cc1cc(F)cc(NC(=O)c2ccc(N)nc2)c1. The Kier molecular flexibility index (Phi) is 3.23. The standard InChI is InChI=1S/C13H12FN3O/c1-8-4-10(14)6-11(5-8)17-13(18)9-2-3-12(15)16-7-9/h2-7H,1H3,(H2,15,16)(H,17,18). The number of pyridine rings is 1. The van der Waals surface area contributed by atoms with Crippen molar-refractivity contribution in [2.24, 2.45) is 0 Å². The molecule has 2 aromatic rings. The number of carbonyl (C=O) groups is 1. The Morgan fingerprint density at radius 3 is 2.72 bits per heavy atom. The van der Waals surface area contributed by atoms with Crippen molar-refractivity contribution in [2.75, 3.05) is 11.1 Å². The van der Waals surface area contributed by atoms with Crippen molar-refractivity contribution in [3.05, 3.63) is 53.5 Å². The fourth-order valence-electron chi connectivity index (χ4n) is 1.55. The number of aryl methyl sites for hydroxylation is 1. The molecule has 1 aromatic heterocycles. The fourth-order valence-corrected chi connectivity index (χ4v) is 1.55. The molecular formula is C13H12FN3O. The minimum atomic E-state index is -0.388. The van der Waals surface area contributed by atoms with Crippen LogP contribution in [0.15, 0.2) is 36.5 Å². The molecule has 92 valence electrons. The van der Waals surface area contributed by atoms with Crippen LogP contribution in [0.4, 0.5) is 15.9 Å². The monoisotopic (exact) mass is 245 g/mol. The number of nitrogens with one attached hydrogen (secondary N) is 1. The number of aromatic nitrogens is 1. The first-order chi connectivity index (χ1) is 8.54. The number of benzene rings is 1. The zero-order chi connectivity index (χ0) is 13.1. The summed E-state index contributed by atoms with van der Waals surface area (Å²) in [4.78, 5) is 15.7. The van der Waals surface area contributed by atoms with Crippen molar-refractivity contribution in [3.63, 3.8) is 0 Å². The van der Waals surface area contributed by atoms with Gasteiger partial charge >= 0.3 is 0 Å². The third-order valence-electron chi connectivity index (χ3n) is 2.35. The maximum absolute atomic E-state index is 13.2. The maximum Gasteiger partial charge on any atom is 0.257 e. The Morgan fingerprint density at radius 1 is 1.33 bits per heavy atom. The van der Waals surface area contributed by atoms with Crippen LogP contribution in [0.2, 0.25) is 0 Å². The summed E-state index contributed by atoms with van der Waals surface area (Å²) in [5.41, 5.74) is 6.94. The minimum absolute atomic E-state index is 0.341. The number of hydrogen-bond acceptors (Lipinski definition) is 3. The van der Waals surface area contributed by atoms with E-state index in [9.17, 15) is 9.18 Å². The summed E-state index contributed by atoms with van der Waals surface area (Å²) in [6, 6.07) is 7.43. The molecule has 0 radical (unpaired) electrons. The molecule has 1 amide bonds. The Hall–Kier alpha value is -2.43. The Labute approximate surface area is 104 Å². The molecule has 0 atom stereocenters. The van der Waals surface area contributed by atoms with E-state index in [1.54, 1.807) is 19.1 Å². The second kappa shape index (κ2) is 4.83. The van der Waals surface area contributed by atoms with E-state index in [0.29, 0.717) is 17.1 Å². The lowest BCUT2D eigenvalue weighted by atomic mass is 10.2. The van der Waals surface area contributed by atoms with E-state index in [1.165, 1.54) is 24.4 Å². The number of halogens is 1. The third kappa shape index (κ3) is 2.82. The van der Waals surface area contributed by atoms with Crippen LogP contribution in [-0.4, -0.2) is 10.9 Å². The lowest BCUT2D eigenvalue weighted by molar-refractivity contribution is 0.102. The molecule has 0 saturated carbocycles. The molecule has 1 heterocycles. The van der Waals surface area contributed by atoms with E-state index < -0.39 is 0 Å². The number of nitrogens with two attached hydrogens (primary N) is 1. The molecule has 0 unspecified atom stereocenters. The van der Waals surface area contributed by atoms with Gasteiger partial charge < -0.3 is 11.1 Å². The molecule has 0 bridgehead atoms. The fraction of sp³-hybridized carbons (Fsp3) is 0.0769. The van der Waals surface area contributed by atoms with Crippen LogP contribution in [0.3, 0.4) is 0 Å². The topological polar surface area (TPSA) is 68.0 Å². The van der Waals surface area contributed by atoms with Crippen LogP contribution in [-0.2, 0) is 0 Å². The molecule has 2 rings (SSSR count). The second-order valence-corrected chi connectivity index (χ2v) is 3.94. The lowest BCUT2D eigenvalue weighted by Gasteiger charge is -2.06. The van der Waals surface area contributed by atoms with Crippen molar-refractivity contribution in [1.29, 1.82) is 0 Å². The Balaban J connectivity index is 2.18. The largest absolute Gasteiger partial charge is 0.384 e. The average Bonchev–Trinajstić information content (AvgIpc) is 2.28. The molecule has 18 heavy (non-hydrogen) atoms. The molecule has 0 fully saturated rings. The van der Waals surface area contributed by atoms with Crippen LogP contribution in [0, 0.1) is 12.7 Å². The highest BCUT2D eigenvalue weighted by Crippen LogP contribution is 2.14.